The van der Waals surface area contributed by atoms with Crippen molar-refractivity contribution in [2.24, 2.45) is 0 Å². The molecule has 142 valence electrons. The Hall–Kier alpha value is -1.51. The highest BCUT2D eigenvalue weighted by atomic mass is 16.6. The Morgan fingerprint density at radius 1 is 0.760 bits per heavy atom. The van der Waals surface area contributed by atoms with E-state index in [1.165, 1.54) is 0 Å². The zero-order valence-electron chi connectivity index (χ0n) is 14.6. The molecule has 1 aromatic carbocycles. The summed E-state index contributed by atoms with van der Waals surface area (Å²) in [6, 6.07) is 9.55. The molecule has 0 bridgehead atoms. The molecule has 0 saturated heterocycles. The van der Waals surface area contributed by atoms with Gasteiger partial charge in [-0.25, -0.2) is 0 Å². The van der Waals surface area contributed by atoms with Crippen LogP contribution in [-0.4, -0.2) is 70.5 Å². The Morgan fingerprint density at radius 2 is 1.28 bits per heavy atom. The summed E-state index contributed by atoms with van der Waals surface area (Å²) in [6.07, 6.45) is 0.226. The number of esters is 1. The number of aliphatic hydroxyl groups excluding tert-OH is 1. The lowest BCUT2D eigenvalue weighted by atomic mass is 10.2. The van der Waals surface area contributed by atoms with Gasteiger partial charge in [-0.15, -0.1) is 0 Å². The average molecular weight is 356 g/mol. The summed E-state index contributed by atoms with van der Waals surface area (Å²) in [5.41, 5.74) is 0.965. The van der Waals surface area contributed by atoms with Crippen molar-refractivity contribution in [3.05, 3.63) is 35.9 Å². The number of ether oxygens (including phenoxy) is 5. The summed E-state index contributed by atoms with van der Waals surface area (Å²) in [6.45, 7) is 3.72. The van der Waals surface area contributed by atoms with Crippen LogP contribution in [0.3, 0.4) is 0 Å². The predicted octanol–water partition coefficient (Wildman–Crippen LogP) is 1.18. The van der Waals surface area contributed by atoms with Crippen LogP contribution in [0.5, 0.6) is 0 Å². The molecule has 0 atom stereocenters. The maximum atomic E-state index is 11.5. The lowest BCUT2D eigenvalue weighted by Gasteiger charge is -2.07. The third-order valence-electron chi connectivity index (χ3n) is 3.04. The topological polar surface area (TPSA) is 83.5 Å². The minimum atomic E-state index is -0.276. The Labute approximate surface area is 148 Å². The van der Waals surface area contributed by atoms with Gasteiger partial charge < -0.3 is 28.8 Å². The number of hydrogen-bond acceptors (Lipinski definition) is 7. The molecule has 0 aromatic heterocycles. The van der Waals surface area contributed by atoms with Gasteiger partial charge in [0.05, 0.1) is 65.9 Å². The van der Waals surface area contributed by atoms with Crippen LogP contribution in [0.2, 0.25) is 0 Å². The van der Waals surface area contributed by atoms with Gasteiger partial charge in [0.15, 0.2) is 0 Å². The van der Waals surface area contributed by atoms with E-state index in [4.69, 9.17) is 28.8 Å². The van der Waals surface area contributed by atoms with Gasteiger partial charge in [-0.1, -0.05) is 30.3 Å². The molecule has 7 heteroatoms. The second kappa shape index (κ2) is 16.0. The van der Waals surface area contributed by atoms with Gasteiger partial charge in [-0.05, 0) is 5.56 Å². The Bertz CT molecular complexity index is 425. The average Bonchev–Trinajstić information content (AvgIpc) is 2.64. The van der Waals surface area contributed by atoms with E-state index >= 15 is 0 Å². The molecule has 0 spiro atoms. The molecule has 0 aliphatic rings. The quantitative estimate of drug-likeness (QED) is 0.352. The molecule has 0 radical (unpaired) electrons. The fourth-order valence-corrected chi connectivity index (χ4v) is 1.79. The molecule has 0 fully saturated rings. The summed E-state index contributed by atoms with van der Waals surface area (Å²) in [5, 5.41) is 8.51. The van der Waals surface area contributed by atoms with Crippen molar-refractivity contribution in [3.63, 3.8) is 0 Å². The standard InChI is InChI=1S/C18H28O7/c19-7-9-22-11-13-24-15-14-23-12-10-21-8-6-18(20)25-16-17-4-2-1-3-5-17/h1-5,19H,6-16H2. The van der Waals surface area contributed by atoms with Crippen LogP contribution >= 0.6 is 0 Å². The Kier molecular flexibility index (Phi) is 13.8. The smallest absolute Gasteiger partial charge is 0.308 e. The first-order chi connectivity index (χ1) is 12.3. The zero-order valence-corrected chi connectivity index (χ0v) is 14.6. The van der Waals surface area contributed by atoms with E-state index in [0.717, 1.165) is 5.56 Å². The van der Waals surface area contributed by atoms with Gasteiger partial charge >= 0.3 is 5.97 Å². The molecule has 25 heavy (non-hydrogen) atoms. The van der Waals surface area contributed by atoms with Crippen LogP contribution in [0, 0.1) is 0 Å². The first-order valence-electron chi connectivity index (χ1n) is 8.44. The van der Waals surface area contributed by atoms with Crippen molar-refractivity contribution in [2.45, 2.75) is 13.0 Å². The number of rotatable bonds is 16. The molecular formula is C18H28O7. The minimum Gasteiger partial charge on any atom is -0.461 e. The van der Waals surface area contributed by atoms with Crippen LogP contribution in [0.15, 0.2) is 30.3 Å². The minimum absolute atomic E-state index is 0.0217. The summed E-state index contributed by atoms with van der Waals surface area (Å²) in [5.74, 6) is -0.276. The zero-order chi connectivity index (χ0) is 18.0. The molecule has 0 saturated carbocycles. The van der Waals surface area contributed by atoms with Crippen LogP contribution in [0.25, 0.3) is 0 Å². The number of aliphatic hydroxyl groups is 1. The van der Waals surface area contributed by atoms with Crippen molar-refractivity contribution in [3.8, 4) is 0 Å². The lowest BCUT2D eigenvalue weighted by molar-refractivity contribution is -0.146. The third-order valence-corrected chi connectivity index (χ3v) is 3.04. The molecule has 1 rings (SSSR count). The monoisotopic (exact) mass is 356 g/mol. The molecule has 0 amide bonds. The van der Waals surface area contributed by atoms with Crippen molar-refractivity contribution in [1.29, 1.82) is 0 Å². The molecule has 0 aliphatic heterocycles. The van der Waals surface area contributed by atoms with Gasteiger partial charge in [0, 0.05) is 0 Å². The van der Waals surface area contributed by atoms with Crippen LogP contribution in [0.4, 0.5) is 0 Å². The fraction of sp³-hybridized carbons (Fsp3) is 0.611. The number of hydrogen-bond donors (Lipinski definition) is 1. The van der Waals surface area contributed by atoms with E-state index in [1.807, 2.05) is 30.3 Å². The van der Waals surface area contributed by atoms with Gasteiger partial charge in [0.25, 0.3) is 0 Å². The maximum Gasteiger partial charge on any atom is 0.308 e. The molecule has 0 aliphatic carbocycles. The highest BCUT2D eigenvalue weighted by Crippen LogP contribution is 2.01. The predicted molar refractivity (Wildman–Crippen MR) is 91.2 cm³/mol. The highest BCUT2D eigenvalue weighted by molar-refractivity contribution is 5.69. The number of carbonyl (C=O) groups excluding carboxylic acids is 1. The summed E-state index contributed by atoms with van der Waals surface area (Å²) >= 11 is 0. The SMILES string of the molecule is O=C(CCOCCOCCOCCOCCO)OCc1ccccc1. The summed E-state index contributed by atoms with van der Waals surface area (Å²) < 4.78 is 26.1. The van der Waals surface area contributed by atoms with E-state index in [1.54, 1.807) is 0 Å². The van der Waals surface area contributed by atoms with Crippen LogP contribution in [0.1, 0.15) is 12.0 Å². The van der Waals surface area contributed by atoms with Gasteiger partial charge in [0.1, 0.15) is 6.61 Å². The van der Waals surface area contributed by atoms with E-state index in [0.29, 0.717) is 52.9 Å². The Morgan fingerprint density at radius 3 is 1.84 bits per heavy atom. The van der Waals surface area contributed by atoms with Crippen LogP contribution < -0.4 is 0 Å². The largest absolute Gasteiger partial charge is 0.461 e. The summed E-state index contributed by atoms with van der Waals surface area (Å²) in [4.78, 5) is 11.5. The van der Waals surface area contributed by atoms with E-state index in [9.17, 15) is 4.79 Å². The number of carbonyl (C=O) groups is 1. The van der Waals surface area contributed by atoms with E-state index in [-0.39, 0.29) is 25.6 Å². The van der Waals surface area contributed by atoms with Gasteiger partial charge in [0.2, 0.25) is 0 Å². The van der Waals surface area contributed by atoms with E-state index < -0.39 is 0 Å². The first kappa shape index (κ1) is 21.5. The van der Waals surface area contributed by atoms with E-state index in [2.05, 4.69) is 0 Å². The van der Waals surface area contributed by atoms with Gasteiger partial charge in [-0.3, -0.25) is 4.79 Å². The number of benzene rings is 1. The van der Waals surface area contributed by atoms with Crippen molar-refractivity contribution in [1.82, 2.24) is 0 Å². The normalized spacial score (nSPS) is 10.8. The molecular weight excluding hydrogens is 328 g/mol. The Balaban J connectivity index is 1.80. The molecule has 1 aromatic rings. The maximum absolute atomic E-state index is 11.5. The lowest BCUT2D eigenvalue weighted by Crippen LogP contribution is -2.13. The van der Waals surface area contributed by atoms with Crippen molar-refractivity contribution < 1.29 is 33.6 Å². The van der Waals surface area contributed by atoms with Crippen molar-refractivity contribution >= 4 is 5.97 Å². The molecule has 1 N–H and O–H groups in total. The second-order valence-corrected chi connectivity index (χ2v) is 5.07. The fourth-order valence-electron chi connectivity index (χ4n) is 1.79. The first-order valence-corrected chi connectivity index (χ1v) is 8.44. The highest BCUT2D eigenvalue weighted by Gasteiger charge is 2.03. The van der Waals surface area contributed by atoms with Gasteiger partial charge in [-0.2, -0.15) is 0 Å². The molecule has 0 unspecified atom stereocenters. The molecule has 7 nitrogen and oxygen atoms in total. The second-order valence-electron chi connectivity index (χ2n) is 5.07. The summed E-state index contributed by atoms with van der Waals surface area (Å²) in [7, 11) is 0. The molecule has 0 heterocycles. The van der Waals surface area contributed by atoms with Crippen molar-refractivity contribution in [2.75, 3.05) is 59.5 Å². The third kappa shape index (κ3) is 13.5. The van der Waals surface area contributed by atoms with Crippen LogP contribution in [-0.2, 0) is 35.1 Å².